The van der Waals surface area contributed by atoms with Crippen molar-refractivity contribution >= 4 is 17.3 Å². The molecule has 1 heterocycles. The summed E-state index contributed by atoms with van der Waals surface area (Å²) < 4.78 is 5.83. The predicted molar refractivity (Wildman–Crippen MR) is 54.1 cm³/mol. The predicted octanol–water partition coefficient (Wildman–Crippen LogP) is 0.668. The van der Waals surface area contributed by atoms with Gasteiger partial charge >= 0.3 is 10.8 Å². The third-order valence-electron chi connectivity index (χ3n) is 2.85. The smallest absolute Gasteiger partial charge is 0.332 e. The van der Waals surface area contributed by atoms with Crippen molar-refractivity contribution in [3.63, 3.8) is 0 Å². The first-order valence-electron chi connectivity index (χ1n) is 4.60. The van der Waals surface area contributed by atoms with Gasteiger partial charge in [-0.3, -0.25) is 9.36 Å². The van der Waals surface area contributed by atoms with Crippen LogP contribution in [0.3, 0.4) is 0 Å². The molecule has 5 nitrogen and oxygen atoms in total. The molecule has 0 amide bonds. The van der Waals surface area contributed by atoms with Crippen molar-refractivity contribution in [2.75, 3.05) is 7.11 Å². The number of ether oxygens (including phenoxy) is 1. The zero-order chi connectivity index (χ0) is 11.1. The van der Waals surface area contributed by atoms with Gasteiger partial charge in [0.05, 0.1) is 12.5 Å². The first-order chi connectivity index (χ1) is 7.12. The van der Waals surface area contributed by atoms with Crippen LogP contribution in [0.15, 0.2) is 10.2 Å². The summed E-state index contributed by atoms with van der Waals surface area (Å²) in [5, 5.41) is 10.9. The van der Waals surface area contributed by atoms with Crippen molar-refractivity contribution in [3.05, 3.63) is 15.0 Å². The standard InChI is InChI=1S/C9H11NO4S/c1-14-7(12)9(3-2-4-9)10-6(11)5-15-8(10)13/h5,11H,2-4H2,1H3. The van der Waals surface area contributed by atoms with Crippen LogP contribution < -0.4 is 4.87 Å². The average molecular weight is 229 g/mol. The van der Waals surface area contributed by atoms with Crippen LogP contribution in [0, 0.1) is 0 Å². The maximum atomic E-state index is 11.6. The second-order valence-electron chi connectivity index (χ2n) is 3.57. The molecular weight excluding hydrogens is 218 g/mol. The number of nitrogens with zero attached hydrogens (tertiary/aromatic N) is 1. The fourth-order valence-electron chi connectivity index (χ4n) is 1.92. The third-order valence-corrected chi connectivity index (χ3v) is 3.56. The van der Waals surface area contributed by atoms with E-state index in [0.29, 0.717) is 12.8 Å². The van der Waals surface area contributed by atoms with Gasteiger partial charge in [-0.05, 0) is 19.3 Å². The average Bonchev–Trinajstić information content (AvgIpc) is 2.47. The Hall–Kier alpha value is -1.30. The second-order valence-corrected chi connectivity index (χ2v) is 4.39. The fourth-order valence-corrected chi connectivity index (χ4v) is 2.60. The lowest BCUT2D eigenvalue weighted by molar-refractivity contribution is -0.156. The number of methoxy groups -OCH3 is 1. The largest absolute Gasteiger partial charge is 0.494 e. The first kappa shape index (κ1) is 10.2. The Bertz CT molecular complexity index is 443. The minimum absolute atomic E-state index is 0.157. The van der Waals surface area contributed by atoms with Crippen molar-refractivity contribution in [3.8, 4) is 5.88 Å². The Labute approximate surface area is 89.9 Å². The van der Waals surface area contributed by atoms with Gasteiger partial charge in [0.2, 0.25) is 5.88 Å². The minimum Gasteiger partial charge on any atom is -0.494 e. The summed E-state index contributed by atoms with van der Waals surface area (Å²) in [5.41, 5.74) is -0.962. The van der Waals surface area contributed by atoms with Crippen molar-refractivity contribution < 1.29 is 14.6 Å². The van der Waals surface area contributed by atoms with Crippen LogP contribution in [-0.2, 0) is 15.1 Å². The number of carbonyl (C=O) groups is 1. The molecule has 0 saturated heterocycles. The number of thiazole rings is 1. The number of aromatic hydroxyl groups is 1. The zero-order valence-electron chi connectivity index (χ0n) is 8.23. The van der Waals surface area contributed by atoms with Gasteiger partial charge in [-0.2, -0.15) is 0 Å². The summed E-state index contributed by atoms with van der Waals surface area (Å²) in [4.78, 5) is 22.8. The second kappa shape index (κ2) is 3.37. The first-order valence-corrected chi connectivity index (χ1v) is 5.48. The van der Waals surface area contributed by atoms with Crippen molar-refractivity contribution in [2.24, 2.45) is 0 Å². The molecule has 0 unspecified atom stereocenters. The zero-order valence-corrected chi connectivity index (χ0v) is 9.04. The summed E-state index contributed by atoms with van der Waals surface area (Å²) in [6, 6.07) is 0. The van der Waals surface area contributed by atoms with Crippen LogP contribution in [0.1, 0.15) is 19.3 Å². The molecule has 1 aromatic heterocycles. The number of hydrogen-bond acceptors (Lipinski definition) is 5. The van der Waals surface area contributed by atoms with Gasteiger partial charge in [0.25, 0.3) is 0 Å². The van der Waals surface area contributed by atoms with Gasteiger partial charge in [0.1, 0.15) is 5.54 Å². The van der Waals surface area contributed by atoms with E-state index in [-0.39, 0.29) is 10.8 Å². The lowest BCUT2D eigenvalue weighted by Crippen LogP contribution is -2.51. The number of esters is 1. The molecule has 0 aliphatic heterocycles. The van der Waals surface area contributed by atoms with Gasteiger partial charge in [-0.25, -0.2) is 4.79 Å². The van der Waals surface area contributed by atoms with E-state index in [0.717, 1.165) is 22.3 Å². The Morgan fingerprint density at radius 1 is 1.67 bits per heavy atom. The van der Waals surface area contributed by atoms with Crippen LogP contribution in [0.5, 0.6) is 5.88 Å². The molecule has 15 heavy (non-hydrogen) atoms. The van der Waals surface area contributed by atoms with Crippen LogP contribution in [0.2, 0.25) is 0 Å². The molecule has 1 aromatic rings. The molecule has 0 aromatic carbocycles. The monoisotopic (exact) mass is 229 g/mol. The van der Waals surface area contributed by atoms with E-state index in [1.54, 1.807) is 0 Å². The molecule has 0 spiro atoms. The highest BCUT2D eigenvalue weighted by molar-refractivity contribution is 7.07. The highest BCUT2D eigenvalue weighted by Crippen LogP contribution is 2.41. The number of carbonyl (C=O) groups excluding carboxylic acids is 1. The lowest BCUT2D eigenvalue weighted by atomic mass is 9.76. The van der Waals surface area contributed by atoms with Crippen LogP contribution in [0.4, 0.5) is 0 Å². The Morgan fingerprint density at radius 3 is 2.67 bits per heavy atom. The topological polar surface area (TPSA) is 68.5 Å². The van der Waals surface area contributed by atoms with E-state index in [2.05, 4.69) is 4.74 Å². The summed E-state index contributed by atoms with van der Waals surface area (Å²) in [6.07, 6.45) is 1.95. The summed E-state index contributed by atoms with van der Waals surface area (Å²) in [6.45, 7) is 0. The molecule has 1 aliphatic carbocycles. The maximum Gasteiger partial charge on any atom is 0.332 e. The Kier molecular flexibility index (Phi) is 2.30. The van der Waals surface area contributed by atoms with E-state index in [1.165, 1.54) is 12.5 Å². The van der Waals surface area contributed by atoms with Gasteiger partial charge in [0.15, 0.2) is 0 Å². The van der Waals surface area contributed by atoms with Crippen LogP contribution in [-0.4, -0.2) is 22.8 Å². The van der Waals surface area contributed by atoms with Gasteiger partial charge < -0.3 is 9.84 Å². The molecule has 0 bridgehead atoms. The molecule has 1 N–H and O–H groups in total. The van der Waals surface area contributed by atoms with Crippen molar-refractivity contribution in [1.82, 2.24) is 4.57 Å². The van der Waals surface area contributed by atoms with Gasteiger partial charge in [0, 0.05) is 0 Å². The molecule has 1 aliphatic rings. The highest BCUT2D eigenvalue weighted by atomic mass is 32.1. The Morgan fingerprint density at radius 2 is 2.33 bits per heavy atom. The van der Waals surface area contributed by atoms with E-state index >= 15 is 0 Å². The summed E-state index contributed by atoms with van der Waals surface area (Å²) >= 11 is 0.885. The molecule has 82 valence electrons. The number of aromatic nitrogens is 1. The number of hydrogen-bond donors (Lipinski definition) is 1. The van der Waals surface area contributed by atoms with Gasteiger partial charge in [-0.15, -0.1) is 0 Å². The normalized spacial score (nSPS) is 18.2. The summed E-state index contributed by atoms with van der Waals surface area (Å²) in [5.74, 6) is -0.611. The van der Waals surface area contributed by atoms with Crippen LogP contribution >= 0.6 is 11.3 Å². The third kappa shape index (κ3) is 1.28. The Balaban J connectivity index is 2.52. The number of rotatable bonds is 2. The van der Waals surface area contributed by atoms with Crippen molar-refractivity contribution in [1.29, 1.82) is 0 Å². The molecule has 0 radical (unpaired) electrons. The lowest BCUT2D eigenvalue weighted by Gasteiger charge is -2.39. The fraction of sp³-hybridized carbons (Fsp3) is 0.556. The summed E-state index contributed by atoms with van der Waals surface area (Å²) in [7, 11) is 1.29. The maximum absolute atomic E-state index is 11.6. The molecule has 1 saturated carbocycles. The van der Waals surface area contributed by atoms with E-state index in [1.807, 2.05) is 0 Å². The SMILES string of the molecule is COC(=O)C1(n2c(O)csc2=O)CCC1. The molecule has 6 heteroatoms. The quantitative estimate of drug-likeness (QED) is 0.757. The van der Waals surface area contributed by atoms with Crippen LogP contribution in [0.25, 0.3) is 0 Å². The van der Waals surface area contributed by atoms with Gasteiger partial charge in [-0.1, -0.05) is 11.3 Å². The van der Waals surface area contributed by atoms with E-state index < -0.39 is 11.5 Å². The van der Waals surface area contributed by atoms with E-state index in [4.69, 9.17) is 0 Å². The minimum atomic E-state index is -0.962. The molecule has 0 atom stereocenters. The van der Waals surface area contributed by atoms with E-state index in [9.17, 15) is 14.7 Å². The molecule has 2 rings (SSSR count). The van der Waals surface area contributed by atoms with Crippen molar-refractivity contribution in [2.45, 2.75) is 24.8 Å². The molecule has 1 fully saturated rings. The highest BCUT2D eigenvalue weighted by Gasteiger charge is 2.49. The molecular formula is C9H11NO4S.